The van der Waals surface area contributed by atoms with E-state index in [4.69, 9.17) is 0 Å². The summed E-state index contributed by atoms with van der Waals surface area (Å²) in [4.78, 5) is 14.4. The van der Waals surface area contributed by atoms with Crippen LogP contribution in [0.4, 0.5) is 0 Å². The number of aliphatic hydroxyl groups excluding tert-OH is 1. The zero-order chi connectivity index (χ0) is 13.8. The van der Waals surface area contributed by atoms with Crippen molar-refractivity contribution >= 4 is 5.78 Å². The van der Waals surface area contributed by atoms with E-state index >= 15 is 0 Å². The summed E-state index contributed by atoms with van der Waals surface area (Å²) in [7, 11) is 0. The number of nitrogens with zero attached hydrogens (tertiary/aromatic N) is 1. The topological polar surface area (TPSA) is 40.5 Å². The van der Waals surface area contributed by atoms with Crippen LogP contribution in [-0.4, -0.2) is 41.5 Å². The average Bonchev–Trinajstić information content (AvgIpc) is 2.38. The molecule has 3 heteroatoms. The molecular formula is C16H29NO2. The Morgan fingerprint density at radius 2 is 2.16 bits per heavy atom. The minimum Gasteiger partial charge on any atom is -0.392 e. The maximum Gasteiger partial charge on any atom is 0.137 e. The smallest absolute Gasteiger partial charge is 0.137 e. The second-order valence-electron chi connectivity index (χ2n) is 6.69. The van der Waals surface area contributed by atoms with Gasteiger partial charge in [0.25, 0.3) is 0 Å². The fraction of sp³-hybridized carbons (Fsp3) is 0.938. The molecule has 1 aliphatic heterocycles. The van der Waals surface area contributed by atoms with Crippen LogP contribution < -0.4 is 0 Å². The first kappa shape index (κ1) is 15.0. The van der Waals surface area contributed by atoms with Crippen molar-refractivity contribution in [1.29, 1.82) is 0 Å². The molecule has 0 radical (unpaired) electrons. The number of piperidine rings is 1. The second kappa shape index (κ2) is 6.85. The highest BCUT2D eigenvalue weighted by molar-refractivity contribution is 5.81. The Morgan fingerprint density at radius 3 is 2.84 bits per heavy atom. The molecule has 2 aliphatic rings. The lowest BCUT2D eigenvalue weighted by molar-refractivity contribution is -0.126. The third-order valence-electron chi connectivity index (χ3n) is 5.05. The molecule has 3 nitrogen and oxygen atoms in total. The van der Waals surface area contributed by atoms with Crippen molar-refractivity contribution in [1.82, 2.24) is 4.90 Å². The Morgan fingerprint density at radius 1 is 1.37 bits per heavy atom. The van der Waals surface area contributed by atoms with E-state index in [1.165, 1.54) is 12.8 Å². The molecule has 2 fully saturated rings. The maximum atomic E-state index is 12.1. The number of hydrogen-bond acceptors (Lipinski definition) is 3. The van der Waals surface area contributed by atoms with Crippen LogP contribution in [0.15, 0.2) is 0 Å². The van der Waals surface area contributed by atoms with E-state index in [1.807, 2.05) is 0 Å². The van der Waals surface area contributed by atoms with Gasteiger partial charge in [0, 0.05) is 25.4 Å². The Kier molecular flexibility index (Phi) is 5.40. The highest BCUT2D eigenvalue weighted by atomic mass is 16.3. The zero-order valence-electron chi connectivity index (χ0n) is 12.5. The van der Waals surface area contributed by atoms with Crippen molar-refractivity contribution in [3.63, 3.8) is 0 Å². The van der Waals surface area contributed by atoms with Crippen LogP contribution in [-0.2, 0) is 4.79 Å². The van der Waals surface area contributed by atoms with Gasteiger partial charge >= 0.3 is 0 Å². The molecule has 1 heterocycles. The van der Waals surface area contributed by atoms with Gasteiger partial charge in [0.2, 0.25) is 0 Å². The van der Waals surface area contributed by atoms with Gasteiger partial charge in [-0.15, -0.1) is 0 Å². The Hall–Kier alpha value is -0.410. The summed E-state index contributed by atoms with van der Waals surface area (Å²) in [6.45, 7) is 7.02. The van der Waals surface area contributed by atoms with Crippen LogP contribution in [0.3, 0.4) is 0 Å². The van der Waals surface area contributed by atoms with E-state index in [-0.39, 0.29) is 12.0 Å². The standard InChI is InChI=1S/C16H29NO2/c1-3-4-13-5-6-15(18)14(9-13)10-17-8-7-12(2)16(19)11-17/h12-14,16,19H,3-11H2,1-2H3. The molecule has 1 saturated carbocycles. The van der Waals surface area contributed by atoms with E-state index < -0.39 is 0 Å². The number of Topliss-reactive ketones (excluding diaryl/α,β-unsaturated/α-hetero) is 1. The Balaban J connectivity index is 1.84. The molecule has 4 unspecified atom stereocenters. The van der Waals surface area contributed by atoms with Crippen molar-refractivity contribution in [3.05, 3.63) is 0 Å². The number of carbonyl (C=O) groups excluding carboxylic acids is 1. The predicted octanol–water partition coefficient (Wildman–Crippen LogP) is 2.47. The summed E-state index contributed by atoms with van der Waals surface area (Å²) in [6.07, 6.45) is 6.30. The molecule has 2 rings (SSSR count). The lowest BCUT2D eigenvalue weighted by Crippen LogP contribution is -2.46. The van der Waals surface area contributed by atoms with Gasteiger partial charge in [-0.3, -0.25) is 4.79 Å². The third-order valence-corrected chi connectivity index (χ3v) is 5.05. The first-order chi connectivity index (χ1) is 9.10. The van der Waals surface area contributed by atoms with E-state index in [0.717, 1.165) is 51.2 Å². The van der Waals surface area contributed by atoms with Crippen LogP contribution >= 0.6 is 0 Å². The lowest BCUT2D eigenvalue weighted by atomic mass is 9.78. The molecule has 0 aromatic heterocycles. The van der Waals surface area contributed by atoms with Crippen LogP contribution in [0.2, 0.25) is 0 Å². The predicted molar refractivity (Wildman–Crippen MR) is 77.0 cm³/mol. The third kappa shape index (κ3) is 4.03. The summed E-state index contributed by atoms with van der Waals surface area (Å²) < 4.78 is 0. The van der Waals surface area contributed by atoms with Gasteiger partial charge in [0.1, 0.15) is 5.78 Å². The van der Waals surface area contributed by atoms with Crippen molar-refractivity contribution in [3.8, 4) is 0 Å². The fourth-order valence-electron chi connectivity index (χ4n) is 3.64. The van der Waals surface area contributed by atoms with Gasteiger partial charge in [-0.05, 0) is 37.6 Å². The molecule has 19 heavy (non-hydrogen) atoms. The summed E-state index contributed by atoms with van der Waals surface area (Å²) in [5.41, 5.74) is 0. The zero-order valence-corrected chi connectivity index (χ0v) is 12.5. The molecule has 0 aromatic carbocycles. The van der Waals surface area contributed by atoms with E-state index in [1.54, 1.807) is 0 Å². The lowest BCUT2D eigenvalue weighted by Gasteiger charge is -2.37. The Labute approximate surface area is 117 Å². The van der Waals surface area contributed by atoms with Crippen molar-refractivity contribution in [2.75, 3.05) is 19.6 Å². The molecule has 0 amide bonds. The molecule has 1 N–H and O–H groups in total. The van der Waals surface area contributed by atoms with Crippen molar-refractivity contribution < 1.29 is 9.90 Å². The minimum atomic E-state index is -0.209. The van der Waals surface area contributed by atoms with Gasteiger partial charge in [-0.25, -0.2) is 0 Å². The highest BCUT2D eigenvalue weighted by Gasteiger charge is 2.32. The van der Waals surface area contributed by atoms with Crippen LogP contribution in [0.25, 0.3) is 0 Å². The van der Waals surface area contributed by atoms with Gasteiger partial charge in [0.15, 0.2) is 0 Å². The normalized spacial score (nSPS) is 37.5. The summed E-state index contributed by atoms with van der Waals surface area (Å²) >= 11 is 0. The van der Waals surface area contributed by atoms with E-state index in [9.17, 15) is 9.90 Å². The molecule has 110 valence electrons. The number of likely N-dealkylation sites (tertiary alicyclic amines) is 1. The molecular weight excluding hydrogens is 238 g/mol. The second-order valence-corrected chi connectivity index (χ2v) is 6.69. The summed E-state index contributed by atoms with van der Waals surface area (Å²) in [5.74, 6) is 1.85. The van der Waals surface area contributed by atoms with Gasteiger partial charge in [0.05, 0.1) is 6.10 Å². The van der Waals surface area contributed by atoms with Gasteiger partial charge in [-0.2, -0.15) is 0 Å². The summed E-state index contributed by atoms with van der Waals surface area (Å²) in [6, 6.07) is 0. The number of β-amino-alcohol motifs (C(OH)–C–C–N with tert-alkyl or cyclic N) is 1. The molecule has 0 bridgehead atoms. The molecule has 0 spiro atoms. The van der Waals surface area contributed by atoms with Crippen molar-refractivity contribution in [2.45, 2.75) is 58.5 Å². The molecule has 1 aliphatic carbocycles. The first-order valence-electron chi connectivity index (χ1n) is 8.03. The van der Waals surface area contributed by atoms with E-state index in [0.29, 0.717) is 11.7 Å². The van der Waals surface area contributed by atoms with Crippen LogP contribution in [0, 0.1) is 17.8 Å². The monoisotopic (exact) mass is 267 g/mol. The molecule has 1 saturated heterocycles. The SMILES string of the molecule is CCCC1CCC(=O)C(CN2CCC(C)C(O)C2)C1. The molecule has 4 atom stereocenters. The van der Waals surface area contributed by atoms with E-state index in [2.05, 4.69) is 18.7 Å². The number of aliphatic hydroxyl groups is 1. The average molecular weight is 267 g/mol. The highest BCUT2D eigenvalue weighted by Crippen LogP contribution is 2.31. The van der Waals surface area contributed by atoms with Crippen molar-refractivity contribution in [2.24, 2.45) is 17.8 Å². The summed E-state index contributed by atoms with van der Waals surface area (Å²) in [5, 5.41) is 9.95. The largest absolute Gasteiger partial charge is 0.392 e. The van der Waals surface area contributed by atoms with Gasteiger partial charge in [-0.1, -0.05) is 26.7 Å². The number of ketones is 1. The Bertz CT molecular complexity index is 305. The fourth-order valence-corrected chi connectivity index (χ4v) is 3.64. The maximum absolute atomic E-state index is 12.1. The first-order valence-corrected chi connectivity index (χ1v) is 8.03. The number of hydrogen-bond donors (Lipinski definition) is 1. The van der Waals surface area contributed by atoms with Gasteiger partial charge < -0.3 is 10.0 Å². The minimum absolute atomic E-state index is 0.209. The quantitative estimate of drug-likeness (QED) is 0.850. The number of carbonyl (C=O) groups is 1. The number of rotatable bonds is 4. The van der Waals surface area contributed by atoms with Crippen LogP contribution in [0.1, 0.15) is 52.4 Å². The van der Waals surface area contributed by atoms with Crippen LogP contribution in [0.5, 0.6) is 0 Å². The molecule has 0 aromatic rings.